The summed E-state index contributed by atoms with van der Waals surface area (Å²) in [5.74, 6) is 0.185. The average molecular weight is 387 g/mol. The van der Waals surface area contributed by atoms with Crippen molar-refractivity contribution in [1.82, 2.24) is 0 Å². The highest BCUT2D eigenvalue weighted by atomic mass is 16.6. The largest absolute Gasteiger partial charge is 0.389 e. The summed E-state index contributed by atoms with van der Waals surface area (Å²) in [5, 5.41) is 10.0. The number of carbonyl (C=O) groups excluding carboxylic acids is 1. The van der Waals surface area contributed by atoms with Crippen LogP contribution < -0.4 is 0 Å². The molecule has 3 heteroatoms. The lowest BCUT2D eigenvalue weighted by Gasteiger charge is -2.19. The minimum atomic E-state index is -0.495. The summed E-state index contributed by atoms with van der Waals surface area (Å²) >= 11 is 0. The molecule has 0 aromatic rings. The van der Waals surface area contributed by atoms with E-state index in [1.54, 1.807) is 13.0 Å². The van der Waals surface area contributed by atoms with Crippen molar-refractivity contribution < 1.29 is 14.6 Å². The molecule has 0 spiro atoms. The van der Waals surface area contributed by atoms with Crippen molar-refractivity contribution in [3.63, 3.8) is 0 Å². The average Bonchev–Trinajstić information content (AvgIpc) is 3.37. The Morgan fingerprint density at radius 3 is 2.07 bits per heavy atom. The van der Waals surface area contributed by atoms with Crippen LogP contribution in [-0.4, -0.2) is 29.2 Å². The molecule has 3 atom stereocenters. The van der Waals surface area contributed by atoms with E-state index >= 15 is 0 Å². The number of hydrogen-bond donors (Lipinski definition) is 1. The van der Waals surface area contributed by atoms with Crippen molar-refractivity contribution >= 4 is 5.78 Å². The summed E-state index contributed by atoms with van der Waals surface area (Å²) in [6.07, 6.45) is 25.7. The fourth-order valence-electron chi connectivity index (χ4n) is 2.67. The monoisotopic (exact) mass is 386 g/mol. The Labute approximate surface area is 171 Å². The Kier molecular flexibility index (Phi) is 11.7. The molecule has 156 valence electrons. The lowest BCUT2D eigenvalue weighted by Crippen LogP contribution is -2.23. The summed E-state index contributed by atoms with van der Waals surface area (Å²) in [6.45, 7) is 7.67. The second-order valence-electron chi connectivity index (χ2n) is 7.97. The van der Waals surface area contributed by atoms with Crippen LogP contribution in [0.4, 0.5) is 0 Å². The number of ketones is 1. The Balaban J connectivity index is 2.12. The number of aliphatic hydroxyl groups is 1. The predicted molar refractivity (Wildman–Crippen MR) is 118 cm³/mol. The van der Waals surface area contributed by atoms with Crippen LogP contribution in [0.2, 0.25) is 0 Å². The fraction of sp³-hybridized carbons (Fsp3) is 0.560. The van der Waals surface area contributed by atoms with Crippen LogP contribution >= 0.6 is 0 Å². The first kappa shape index (κ1) is 24.3. The van der Waals surface area contributed by atoms with Gasteiger partial charge in [-0.1, -0.05) is 81.5 Å². The molecule has 0 aliphatic carbocycles. The minimum Gasteiger partial charge on any atom is -0.389 e. The van der Waals surface area contributed by atoms with Crippen molar-refractivity contribution in [3.8, 4) is 0 Å². The van der Waals surface area contributed by atoms with Crippen molar-refractivity contribution in [3.05, 3.63) is 60.8 Å². The zero-order valence-corrected chi connectivity index (χ0v) is 18.0. The zero-order valence-electron chi connectivity index (χ0n) is 18.0. The maximum atomic E-state index is 11.6. The van der Waals surface area contributed by atoms with Gasteiger partial charge in [0, 0.05) is 5.41 Å². The number of hydrogen-bond acceptors (Lipinski definition) is 3. The van der Waals surface area contributed by atoms with E-state index in [4.69, 9.17) is 4.74 Å². The van der Waals surface area contributed by atoms with Crippen LogP contribution in [0.3, 0.4) is 0 Å². The summed E-state index contributed by atoms with van der Waals surface area (Å²) in [7, 11) is 0. The highest BCUT2D eigenvalue weighted by Gasteiger charge is 2.42. The first-order valence-corrected chi connectivity index (χ1v) is 10.5. The number of Topliss-reactive ketones (excluding diaryl/α,β-unsaturated/α-hetero) is 1. The highest BCUT2D eigenvalue weighted by Crippen LogP contribution is 2.35. The lowest BCUT2D eigenvalue weighted by molar-refractivity contribution is -0.125. The molecule has 1 aliphatic heterocycles. The highest BCUT2D eigenvalue weighted by molar-refractivity contribution is 5.81. The van der Waals surface area contributed by atoms with Crippen LogP contribution in [0.15, 0.2) is 60.8 Å². The molecule has 1 heterocycles. The van der Waals surface area contributed by atoms with Crippen LogP contribution in [0.1, 0.15) is 66.2 Å². The number of aliphatic hydroxyl groups excluding tert-OH is 1. The van der Waals surface area contributed by atoms with Crippen molar-refractivity contribution in [2.75, 3.05) is 0 Å². The molecule has 0 saturated carbocycles. The summed E-state index contributed by atoms with van der Waals surface area (Å²) in [6, 6.07) is 0. The third-order valence-corrected chi connectivity index (χ3v) is 4.91. The van der Waals surface area contributed by atoms with Crippen molar-refractivity contribution in [2.24, 2.45) is 5.41 Å². The summed E-state index contributed by atoms with van der Waals surface area (Å²) < 4.78 is 5.58. The van der Waals surface area contributed by atoms with Crippen LogP contribution in [0, 0.1) is 5.41 Å². The first-order chi connectivity index (χ1) is 13.4. The van der Waals surface area contributed by atoms with Crippen LogP contribution in [-0.2, 0) is 9.53 Å². The van der Waals surface area contributed by atoms with Gasteiger partial charge in [-0.3, -0.25) is 4.79 Å². The van der Waals surface area contributed by atoms with Gasteiger partial charge in [0.1, 0.15) is 11.9 Å². The molecule has 3 unspecified atom stereocenters. The molecular weight excluding hydrogens is 348 g/mol. The van der Waals surface area contributed by atoms with E-state index in [9.17, 15) is 9.90 Å². The second kappa shape index (κ2) is 13.5. The van der Waals surface area contributed by atoms with E-state index in [0.717, 1.165) is 32.1 Å². The Hall–Kier alpha value is -1.71. The Morgan fingerprint density at radius 2 is 1.54 bits per heavy atom. The molecule has 28 heavy (non-hydrogen) atoms. The normalized spacial score (nSPS) is 21.8. The van der Waals surface area contributed by atoms with Gasteiger partial charge in [-0.2, -0.15) is 0 Å². The van der Waals surface area contributed by atoms with E-state index in [1.165, 1.54) is 0 Å². The Bertz CT molecular complexity index is 593. The topological polar surface area (TPSA) is 49.8 Å². The number of allylic oxidation sites excluding steroid dienone is 7. The number of carbonyl (C=O) groups is 1. The van der Waals surface area contributed by atoms with Crippen molar-refractivity contribution in [1.29, 1.82) is 0 Å². The molecule has 1 saturated heterocycles. The first-order valence-electron chi connectivity index (χ1n) is 10.5. The summed E-state index contributed by atoms with van der Waals surface area (Å²) in [4.78, 5) is 11.6. The third-order valence-electron chi connectivity index (χ3n) is 4.91. The van der Waals surface area contributed by atoms with E-state index in [0.29, 0.717) is 6.42 Å². The SMILES string of the molecule is CC/C=C\C/C=C\C/C=C\C/C=C\CC(O)/C=C/C1OC1CC(C)(C)C(C)=O. The van der Waals surface area contributed by atoms with Gasteiger partial charge in [-0.05, 0) is 45.4 Å². The molecule has 1 N–H and O–H groups in total. The van der Waals surface area contributed by atoms with Gasteiger partial charge in [0.2, 0.25) is 0 Å². The maximum Gasteiger partial charge on any atom is 0.135 e. The number of ether oxygens (including phenoxy) is 1. The van der Waals surface area contributed by atoms with Crippen LogP contribution in [0.25, 0.3) is 0 Å². The molecule has 1 fully saturated rings. The summed E-state index contributed by atoms with van der Waals surface area (Å²) in [5.41, 5.74) is -0.343. The van der Waals surface area contributed by atoms with E-state index < -0.39 is 6.10 Å². The molecule has 3 nitrogen and oxygen atoms in total. The lowest BCUT2D eigenvalue weighted by atomic mass is 9.83. The van der Waals surface area contributed by atoms with Gasteiger partial charge in [0.15, 0.2) is 0 Å². The van der Waals surface area contributed by atoms with Gasteiger partial charge < -0.3 is 9.84 Å². The van der Waals surface area contributed by atoms with Gasteiger partial charge in [-0.25, -0.2) is 0 Å². The minimum absolute atomic E-state index is 0.0331. The molecule has 0 amide bonds. The third kappa shape index (κ3) is 11.2. The smallest absolute Gasteiger partial charge is 0.135 e. The fourth-order valence-corrected chi connectivity index (χ4v) is 2.67. The molecule has 0 aromatic heterocycles. The Morgan fingerprint density at radius 1 is 1.00 bits per heavy atom. The van der Waals surface area contributed by atoms with Gasteiger partial charge in [0.25, 0.3) is 0 Å². The zero-order chi connectivity index (χ0) is 20.8. The second-order valence-corrected chi connectivity index (χ2v) is 7.97. The molecule has 1 rings (SSSR count). The molecule has 0 radical (unpaired) electrons. The van der Waals surface area contributed by atoms with Gasteiger partial charge >= 0.3 is 0 Å². The quantitative estimate of drug-likeness (QED) is 0.300. The van der Waals surface area contributed by atoms with Gasteiger partial charge in [0.05, 0.1) is 12.2 Å². The molecule has 1 aliphatic rings. The molecule has 0 aromatic carbocycles. The molecular formula is C25H38O3. The predicted octanol–water partition coefficient (Wildman–Crippen LogP) is 5.87. The van der Waals surface area contributed by atoms with Gasteiger partial charge in [-0.15, -0.1) is 0 Å². The van der Waals surface area contributed by atoms with E-state index in [2.05, 4.69) is 49.5 Å². The van der Waals surface area contributed by atoms with Crippen molar-refractivity contribution in [2.45, 2.75) is 84.5 Å². The molecule has 0 bridgehead atoms. The van der Waals surface area contributed by atoms with E-state index in [-0.39, 0.29) is 23.4 Å². The number of epoxide rings is 1. The maximum absolute atomic E-state index is 11.6. The standard InChI is InChI=1S/C25H38O3/c1-5-6-7-8-9-10-11-12-13-14-15-16-17-22(27)18-19-23-24(28-23)20-25(3,4)21(2)26/h6-7,9-10,12-13,15-16,18-19,22-24,27H,5,8,11,14,17,20H2,1-4H3/b7-6-,10-9-,13-12-,16-15-,19-18+. The van der Waals surface area contributed by atoms with E-state index in [1.807, 2.05) is 26.0 Å². The van der Waals surface area contributed by atoms with Crippen LogP contribution in [0.5, 0.6) is 0 Å². The number of rotatable bonds is 14.